The van der Waals surface area contributed by atoms with Gasteiger partial charge < -0.3 is 0 Å². The molecule has 0 amide bonds. The van der Waals surface area contributed by atoms with E-state index >= 15 is 0 Å². The van der Waals surface area contributed by atoms with Crippen LogP contribution < -0.4 is 0 Å². The second-order valence-corrected chi connectivity index (χ2v) is 5.56. The first-order chi connectivity index (χ1) is 7.18. The second-order valence-electron chi connectivity index (χ2n) is 4.41. The molecule has 0 bridgehead atoms. The topological polar surface area (TPSA) is 51.2 Å². The predicted molar refractivity (Wildman–Crippen MR) is 55.2 cm³/mol. The molecule has 4 heteroatoms. The molecule has 4 atom stereocenters. The van der Waals surface area contributed by atoms with Gasteiger partial charge in [0.15, 0.2) is 0 Å². The number of carbonyl (C=O) groups is 3. The lowest BCUT2D eigenvalue weighted by molar-refractivity contribution is -0.141. The monoisotopic (exact) mass is 222 g/mol. The minimum Gasteiger partial charge on any atom is -0.290 e. The van der Waals surface area contributed by atoms with Gasteiger partial charge in [-0.05, 0) is 24.2 Å². The quantitative estimate of drug-likeness (QED) is 0.573. The molecule has 0 radical (unpaired) electrons. The SMILES string of the molecule is O=C1C(=O)C2CC3C=CSC3CC2C1=O. The third-order valence-electron chi connectivity index (χ3n) is 3.68. The molecule has 2 fully saturated rings. The molecule has 0 aromatic rings. The first-order valence-electron chi connectivity index (χ1n) is 5.13. The number of thioether (sulfide) groups is 1. The lowest BCUT2D eigenvalue weighted by Crippen LogP contribution is -2.32. The van der Waals surface area contributed by atoms with Crippen molar-refractivity contribution in [3.05, 3.63) is 11.5 Å². The van der Waals surface area contributed by atoms with E-state index in [9.17, 15) is 14.4 Å². The van der Waals surface area contributed by atoms with E-state index in [1.807, 2.05) is 5.41 Å². The van der Waals surface area contributed by atoms with Crippen LogP contribution >= 0.6 is 11.8 Å². The first kappa shape index (κ1) is 9.33. The van der Waals surface area contributed by atoms with Crippen LogP contribution in [0.2, 0.25) is 0 Å². The van der Waals surface area contributed by atoms with E-state index in [1.54, 1.807) is 11.8 Å². The highest BCUT2D eigenvalue weighted by molar-refractivity contribution is 8.03. The minimum absolute atomic E-state index is 0.307. The molecule has 0 saturated heterocycles. The normalized spacial score (nSPS) is 43.3. The number of hydrogen-bond donors (Lipinski definition) is 0. The van der Waals surface area contributed by atoms with Crippen molar-refractivity contribution < 1.29 is 14.4 Å². The van der Waals surface area contributed by atoms with E-state index in [4.69, 9.17) is 0 Å². The average molecular weight is 222 g/mol. The molecule has 78 valence electrons. The largest absolute Gasteiger partial charge is 0.290 e. The molecule has 3 rings (SSSR count). The van der Waals surface area contributed by atoms with Gasteiger partial charge in [-0.2, -0.15) is 0 Å². The van der Waals surface area contributed by atoms with Crippen molar-refractivity contribution >= 4 is 29.1 Å². The Kier molecular flexibility index (Phi) is 1.89. The van der Waals surface area contributed by atoms with Crippen molar-refractivity contribution in [2.45, 2.75) is 18.1 Å². The highest BCUT2D eigenvalue weighted by Crippen LogP contribution is 2.47. The molecule has 0 aromatic heterocycles. The number of fused-ring (bicyclic) bond motifs is 2. The number of rotatable bonds is 0. The van der Waals surface area contributed by atoms with Crippen molar-refractivity contribution in [1.29, 1.82) is 0 Å². The van der Waals surface area contributed by atoms with E-state index in [-0.39, 0.29) is 11.8 Å². The summed E-state index contributed by atoms with van der Waals surface area (Å²) < 4.78 is 0. The van der Waals surface area contributed by atoms with Gasteiger partial charge in [0.25, 0.3) is 5.78 Å². The Balaban J connectivity index is 1.92. The number of ketones is 3. The Labute approximate surface area is 91.3 Å². The number of hydrogen-bond acceptors (Lipinski definition) is 4. The fraction of sp³-hybridized carbons (Fsp3) is 0.545. The molecule has 0 aromatic carbocycles. The Morgan fingerprint density at radius 2 is 1.73 bits per heavy atom. The molecule has 3 nitrogen and oxygen atoms in total. The van der Waals surface area contributed by atoms with Gasteiger partial charge in [-0.3, -0.25) is 14.4 Å². The zero-order chi connectivity index (χ0) is 10.6. The predicted octanol–water partition coefficient (Wildman–Crippen LogP) is 0.979. The van der Waals surface area contributed by atoms with Crippen molar-refractivity contribution in [3.8, 4) is 0 Å². The van der Waals surface area contributed by atoms with Crippen LogP contribution in [0.4, 0.5) is 0 Å². The fourth-order valence-corrected chi connectivity index (χ4v) is 4.06. The molecule has 4 unspecified atom stereocenters. The average Bonchev–Trinajstić information content (AvgIpc) is 2.77. The number of carbonyl (C=O) groups excluding carboxylic acids is 3. The molecule has 15 heavy (non-hydrogen) atoms. The van der Waals surface area contributed by atoms with Crippen LogP contribution in [0.3, 0.4) is 0 Å². The molecule has 0 N–H and O–H groups in total. The fourth-order valence-electron chi connectivity index (χ4n) is 2.84. The van der Waals surface area contributed by atoms with Crippen LogP contribution in [0, 0.1) is 17.8 Å². The summed E-state index contributed by atoms with van der Waals surface area (Å²) in [6, 6.07) is 0. The van der Waals surface area contributed by atoms with Gasteiger partial charge in [0.1, 0.15) is 0 Å². The summed E-state index contributed by atoms with van der Waals surface area (Å²) in [4.78, 5) is 34.3. The molecule has 2 aliphatic carbocycles. The first-order valence-corrected chi connectivity index (χ1v) is 6.07. The van der Waals surface area contributed by atoms with Crippen molar-refractivity contribution in [2.75, 3.05) is 0 Å². The summed E-state index contributed by atoms with van der Waals surface area (Å²) in [5.74, 6) is -1.85. The molecule has 3 aliphatic rings. The molecular formula is C11H10O3S. The van der Waals surface area contributed by atoms with Gasteiger partial charge in [-0.1, -0.05) is 6.08 Å². The van der Waals surface area contributed by atoms with Crippen LogP contribution in [0.5, 0.6) is 0 Å². The van der Waals surface area contributed by atoms with Crippen LogP contribution in [0.15, 0.2) is 11.5 Å². The maximum atomic E-state index is 11.5. The summed E-state index contributed by atoms with van der Waals surface area (Å²) in [5.41, 5.74) is 0. The van der Waals surface area contributed by atoms with E-state index in [0.29, 0.717) is 24.0 Å². The zero-order valence-corrected chi connectivity index (χ0v) is 8.83. The highest BCUT2D eigenvalue weighted by atomic mass is 32.2. The van der Waals surface area contributed by atoms with E-state index < -0.39 is 17.3 Å². The van der Waals surface area contributed by atoms with Gasteiger partial charge in [-0.15, -0.1) is 11.8 Å². The second kappa shape index (κ2) is 3.04. The zero-order valence-electron chi connectivity index (χ0n) is 8.01. The Morgan fingerprint density at radius 3 is 2.47 bits per heavy atom. The standard InChI is InChI=1S/C11H10O3S/c12-9-6-3-5-1-2-15-8(5)4-7(6)10(13)11(9)14/h1-2,5-8H,3-4H2. The maximum Gasteiger partial charge on any atom is 0.264 e. The third-order valence-corrected chi connectivity index (χ3v) is 4.88. The van der Waals surface area contributed by atoms with E-state index in [2.05, 4.69) is 6.08 Å². The third kappa shape index (κ3) is 1.17. The van der Waals surface area contributed by atoms with Crippen LogP contribution in [0.25, 0.3) is 0 Å². The molecule has 2 saturated carbocycles. The Morgan fingerprint density at radius 1 is 1.07 bits per heavy atom. The summed E-state index contributed by atoms with van der Waals surface area (Å²) in [6.07, 6.45) is 3.49. The molecule has 1 aliphatic heterocycles. The van der Waals surface area contributed by atoms with Crippen molar-refractivity contribution in [2.24, 2.45) is 17.8 Å². The number of Topliss-reactive ketones (excluding diaryl/α,β-unsaturated/α-hetero) is 3. The lowest BCUT2D eigenvalue weighted by Gasteiger charge is -2.31. The van der Waals surface area contributed by atoms with Crippen LogP contribution in [0.1, 0.15) is 12.8 Å². The smallest absolute Gasteiger partial charge is 0.264 e. The summed E-state index contributed by atoms with van der Waals surface area (Å²) in [7, 11) is 0. The van der Waals surface area contributed by atoms with E-state index in [0.717, 1.165) is 0 Å². The Bertz CT molecular complexity index is 399. The number of allylic oxidation sites excluding steroid dienone is 1. The van der Waals surface area contributed by atoms with Gasteiger partial charge >= 0.3 is 0 Å². The van der Waals surface area contributed by atoms with Crippen LogP contribution in [-0.2, 0) is 14.4 Å². The molecule has 0 spiro atoms. The maximum absolute atomic E-state index is 11.5. The molecular weight excluding hydrogens is 212 g/mol. The van der Waals surface area contributed by atoms with E-state index in [1.165, 1.54) is 0 Å². The van der Waals surface area contributed by atoms with Crippen molar-refractivity contribution in [3.63, 3.8) is 0 Å². The Hall–Kier alpha value is -0.900. The summed E-state index contributed by atoms with van der Waals surface area (Å²) >= 11 is 1.72. The van der Waals surface area contributed by atoms with Gasteiger partial charge in [0.2, 0.25) is 11.6 Å². The highest BCUT2D eigenvalue weighted by Gasteiger charge is 2.53. The lowest BCUT2D eigenvalue weighted by atomic mass is 9.75. The van der Waals surface area contributed by atoms with Gasteiger partial charge in [-0.25, -0.2) is 0 Å². The minimum atomic E-state index is -0.751. The molecule has 1 heterocycles. The summed E-state index contributed by atoms with van der Waals surface area (Å²) in [6.45, 7) is 0. The van der Waals surface area contributed by atoms with Crippen LogP contribution in [-0.4, -0.2) is 22.6 Å². The van der Waals surface area contributed by atoms with Gasteiger partial charge in [0, 0.05) is 17.1 Å². The van der Waals surface area contributed by atoms with Crippen molar-refractivity contribution in [1.82, 2.24) is 0 Å². The van der Waals surface area contributed by atoms with Gasteiger partial charge in [0.05, 0.1) is 0 Å². The summed E-state index contributed by atoms with van der Waals surface area (Å²) in [5, 5.41) is 2.46.